The van der Waals surface area contributed by atoms with Crippen LogP contribution < -0.4 is 14.7 Å². The second-order valence-corrected chi connectivity index (χ2v) is 15.2. The van der Waals surface area contributed by atoms with Crippen molar-refractivity contribution < 1.29 is 0 Å². The Kier molecular flexibility index (Phi) is 10.4. The molecule has 3 nitrogen and oxygen atoms in total. The van der Waals surface area contributed by atoms with Crippen molar-refractivity contribution in [1.82, 2.24) is 0 Å². The van der Waals surface area contributed by atoms with Gasteiger partial charge in [0.05, 0.1) is 5.54 Å². The Labute approximate surface area is 343 Å². The molecule has 0 bridgehead atoms. The number of hydrogen-bond donors (Lipinski definition) is 0. The lowest BCUT2D eigenvalue weighted by Crippen LogP contribution is -2.42. The molecule has 9 rings (SSSR count). The second kappa shape index (κ2) is 16.6. The zero-order valence-corrected chi connectivity index (χ0v) is 32.9. The minimum absolute atomic E-state index is 0.269. The SMILES string of the molecule is CC1(N(c2ccccc2)c2ccc(-c3ccc(N(C4=CCCC=C4)c4ccccc4)cc3)cc2)C=CC(c2ccc(N(c3ccccc3)c3ccccc3)cc2)=CC1. The summed E-state index contributed by atoms with van der Waals surface area (Å²) in [6.45, 7) is 2.34. The molecule has 3 heteroatoms. The number of hydrogen-bond acceptors (Lipinski definition) is 3. The molecule has 1 atom stereocenters. The Hall–Kier alpha value is -7.10. The summed E-state index contributed by atoms with van der Waals surface area (Å²) in [5, 5.41) is 0. The highest BCUT2D eigenvalue weighted by Crippen LogP contribution is 2.42. The van der Waals surface area contributed by atoms with Gasteiger partial charge in [-0.3, -0.25) is 0 Å². The molecule has 58 heavy (non-hydrogen) atoms. The lowest BCUT2D eigenvalue weighted by atomic mass is 9.85. The predicted octanol–water partition coefficient (Wildman–Crippen LogP) is 15.1. The van der Waals surface area contributed by atoms with E-state index in [4.69, 9.17) is 0 Å². The van der Waals surface area contributed by atoms with Gasteiger partial charge in [-0.15, -0.1) is 0 Å². The predicted molar refractivity (Wildman–Crippen MR) is 247 cm³/mol. The summed E-state index contributed by atoms with van der Waals surface area (Å²) in [5.41, 5.74) is 13.8. The fourth-order valence-electron chi connectivity index (χ4n) is 8.22. The van der Waals surface area contributed by atoms with Crippen LogP contribution in [0.15, 0.2) is 236 Å². The van der Waals surface area contributed by atoms with Gasteiger partial charge in [0, 0.05) is 45.5 Å². The second-order valence-electron chi connectivity index (χ2n) is 15.2. The lowest BCUT2D eigenvalue weighted by molar-refractivity contribution is 0.571. The van der Waals surface area contributed by atoms with E-state index in [2.05, 4.69) is 252 Å². The first-order chi connectivity index (χ1) is 28.6. The zero-order chi connectivity index (χ0) is 39.2. The molecule has 0 fully saturated rings. The van der Waals surface area contributed by atoms with Crippen LogP contribution in [0.2, 0.25) is 0 Å². The normalized spacial score (nSPS) is 15.9. The molecule has 7 aromatic rings. The molecule has 0 radical (unpaired) electrons. The largest absolute Gasteiger partial charge is 0.332 e. The van der Waals surface area contributed by atoms with E-state index in [0.717, 1.165) is 53.4 Å². The maximum atomic E-state index is 2.48. The van der Waals surface area contributed by atoms with Crippen molar-refractivity contribution in [3.05, 3.63) is 242 Å². The van der Waals surface area contributed by atoms with Crippen molar-refractivity contribution >= 4 is 45.4 Å². The van der Waals surface area contributed by atoms with E-state index in [1.807, 2.05) is 0 Å². The Morgan fingerprint density at radius 1 is 0.379 bits per heavy atom. The van der Waals surface area contributed by atoms with Crippen molar-refractivity contribution in [2.45, 2.75) is 31.7 Å². The minimum Gasteiger partial charge on any atom is -0.332 e. The Morgan fingerprint density at radius 2 is 0.793 bits per heavy atom. The lowest BCUT2D eigenvalue weighted by Gasteiger charge is -2.42. The Morgan fingerprint density at radius 3 is 1.26 bits per heavy atom. The van der Waals surface area contributed by atoms with Gasteiger partial charge in [0.25, 0.3) is 0 Å². The van der Waals surface area contributed by atoms with Crippen LogP contribution in [0.5, 0.6) is 0 Å². The number of allylic oxidation sites excluding steroid dienone is 5. The van der Waals surface area contributed by atoms with Crippen molar-refractivity contribution in [2.75, 3.05) is 14.7 Å². The molecule has 7 aromatic carbocycles. The van der Waals surface area contributed by atoms with Gasteiger partial charge < -0.3 is 14.7 Å². The molecule has 0 heterocycles. The first-order valence-corrected chi connectivity index (χ1v) is 20.3. The fraction of sp³-hybridized carbons (Fsp3) is 0.0909. The summed E-state index contributed by atoms with van der Waals surface area (Å²) in [5.74, 6) is 0. The van der Waals surface area contributed by atoms with E-state index in [9.17, 15) is 0 Å². The molecule has 0 saturated heterocycles. The molecule has 0 saturated carbocycles. The first kappa shape index (κ1) is 36.5. The standard InChI is InChI=1S/C55H47N3/c1-55(41-39-46(40-42-55)45-29-35-52(36-30-45)57(49-21-11-4-12-22-49)50-23-13-5-14-24-50)58(53-25-15-6-16-26-53)54-37-31-44(32-38-54)43-27-33-51(34-28-43)56(47-17-7-2-8-18-47)48-19-9-3-10-20-48/h2,4-9,11-41H,3,10,42H2,1H3. The molecule has 0 aromatic heterocycles. The van der Waals surface area contributed by atoms with E-state index in [1.165, 1.54) is 33.6 Å². The van der Waals surface area contributed by atoms with Crippen LogP contribution >= 0.6 is 0 Å². The van der Waals surface area contributed by atoms with Gasteiger partial charge in [-0.05, 0) is 139 Å². The van der Waals surface area contributed by atoms with Crippen LogP contribution in [-0.4, -0.2) is 5.54 Å². The van der Waals surface area contributed by atoms with Crippen molar-refractivity contribution in [3.63, 3.8) is 0 Å². The van der Waals surface area contributed by atoms with Gasteiger partial charge in [-0.1, -0.05) is 140 Å². The molecular formula is C55H47N3. The average Bonchev–Trinajstić information content (AvgIpc) is 3.30. The third-order valence-corrected chi connectivity index (χ3v) is 11.2. The summed E-state index contributed by atoms with van der Waals surface area (Å²) in [7, 11) is 0. The molecule has 1 unspecified atom stereocenters. The van der Waals surface area contributed by atoms with Crippen molar-refractivity contribution in [3.8, 4) is 11.1 Å². The highest BCUT2D eigenvalue weighted by Gasteiger charge is 2.32. The topological polar surface area (TPSA) is 9.72 Å². The Balaban J connectivity index is 0.957. The number of para-hydroxylation sites is 4. The maximum absolute atomic E-state index is 2.48. The van der Waals surface area contributed by atoms with Crippen LogP contribution in [-0.2, 0) is 0 Å². The van der Waals surface area contributed by atoms with Crippen LogP contribution in [0, 0.1) is 0 Å². The number of anilines is 7. The number of rotatable bonds is 11. The van der Waals surface area contributed by atoms with Crippen LogP contribution in [0.4, 0.5) is 39.8 Å². The molecule has 0 aliphatic heterocycles. The minimum atomic E-state index is -0.269. The van der Waals surface area contributed by atoms with E-state index in [0.29, 0.717) is 0 Å². The number of nitrogens with zero attached hydrogens (tertiary/aromatic N) is 3. The molecule has 2 aliphatic carbocycles. The summed E-state index contributed by atoms with van der Waals surface area (Å²) in [6, 6.07) is 69.5. The smallest absolute Gasteiger partial charge is 0.0643 e. The van der Waals surface area contributed by atoms with Crippen molar-refractivity contribution in [2.24, 2.45) is 0 Å². The molecule has 0 spiro atoms. The average molecular weight is 750 g/mol. The van der Waals surface area contributed by atoms with Gasteiger partial charge in [-0.2, -0.15) is 0 Å². The highest BCUT2D eigenvalue weighted by molar-refractivity contribution is 5.82. The van der Waals surface area contributed by atoms with Crippen LogP contribution in [0.1, 0.15) is 31.7 Å². The molecule has 2 aliphatic rings. The third kappa shape index (κ3) is 7.68. The first-order valence-electron chi connectivity index (χ1n) is 20.3. The van der Waals surface area contributed by atoms with Crippen molar-refractivity contribution in [1.29, 1.82) is 0 Å². The van der Waals surface area contributed by atoms with Crippen LogP contribution in [0.3, 0.4) is 0 Å². The summed E-state index contributed by atoms with van der Waals surface area (Å²) in [4.78, 5) is 7.13. The van der Waals surface area contributed by atoms with E-state index in [1.54, 1.807) is 0 Å². The van der Waals surface area contributed by atoms with Gasteiger partial charge in [0.15, 0.2) is 0 Å². The summed E-state index contributed by atoms with van der Waals surface area (Å²) < 4.78 is 0. The van der Waals surface area contributed by atoms with Gasteiger partial charge >= 0.3 is 0 Å². The van der Waals surface area contributed by atoms with Gasteiger partial charge in [0.1, 0.15) is 0 Å². The van der Waals surface area contributed by atoms with Crippen LogP contribution in [0.25, 0.3) is 16.7 Å². The van der Waals surface area contributed by atoms with E-state index < -0.39 is 0 Å². The maximum Gasteiger partial charge on any atom is 0.0643 e. The quantitative estimate of drug-likeness (QED) is 0.130. The Bertz CT molecular complexity index is 2520. The summed E-state index contributed by atoms with van der Waals surface area (Å²) in [6.07, 6.45) is 16.9. The third-order valence-electron chi connectivity index (χ3n) is 11.2. The van der Waals surface area contributed by atoms with Gasteiger partial charge in [0.2, 0.25) is 0 Å². The van der Waals surface area contributed by atoms with Gasteiger partial charge in [-0.25, -0.2) is 0 Å². The monoisotopic (exact) mass is 749 g/mol. The molecule has 0 amide bonds. The highest BCUT2D eigenvalue weighted by atomic mass is 15.2. The number of benzene rings is 7. The fourth-order valence-corrected chi connectivity index (χ4v) is 8.22. The van der Waals surface area contributed by atoms with E-state index in [-0.39, 0.29) is 5.54 Å². The molecule has 0 N–H and O–H groups in total. The summed E-state index contributed by atoms with van der Waals surface area (Å²) >= 11 is 0. The molecule has 282 valence electrons. The van der Waals surface area contributed by atoms with E-state index >= 15 is 0 Å². The molecular weight excluding hydrogens is 703 g/mol. The zero-order valence-electron chi connectivity index (χ0n) is 32.9.